The third kappa shape index (κ3) is 4.65. The van der Waals surface area contributed by atoms with Crippen LogP contribution in [-0.2, 0) is 10.3 Å². The summed E-state index contributed by atoms with van der Waals surface area (Å²) in [5, 5.41) is 13.5. The van der Waals surface area contributed by atoms with Crippen LogP contribution >= 0.6 is 0 Å². The molecule has 0 bridgehead atoms. The van der Waals surface area contributed by atoms with Crippen LogP contribution in [0.4, 0.5) is 0 Å². The van der Waals surface area contributed by atoms with Gasteiger partial charge in [-0.3, -0.25) is 4.98 Å². The minimum atomic E-state index is -0.923. The van der Waals surface area contributed by atoms with E-state index in [9.17, 15) is 5.11 Å². The molecule has 3 aromatic rings. The average molecular weight is 478 g/mol. The fourth-order valence-electron chi connectivity index (χ4n) is 5.79. The second-order valence-corrected chi connectivity index (χ2v) is 11.1. The first-order valence-corrected chi connectivity index (χ1v) is 12.8. The number of nitrogens with zero attached hydrogens (tertiary/aromatic N) is 3. The third-order valence-electron chi connectivity index (χ3n) is 7.76. The molecule has 1 aliphatic heterocycles. The van der Waals surface area contributed by atoms with Crippen LogP contribution in [0, 0.1) is 11.8 Å². The van der Waals surface area contributed by atoms with Crippen LogP contribution in [0.25, 0.3) is 27.6 Å². The lowest BCUT2D eigenvalue weighted by Crippen LogP contribution is -2.27. The number of fused-ring (bicyclic) bond motifs is 3. The van der Waals surface area contributed by atoms with E-state index in [2.05, 4.69) is 22.8 Å². The number of aromatic nitrogens is 2. The highest BCUT2D eigenvalue weighted by molar-refractivity contribution is 6.06. The minimum Gasteiger partial charge on any atom is -0.401 e. The molecule has 1 atom stereocenters. The molecule has 1 unspecified atom stereocenters. The molecule has 1 saturated heterocycles. The van der Waals surface area contributed by atoms with E-state index < -0.39 is 5.60 Å². The van der Waals surface area contributed by atoms with E-state index in [4.69, 9.17) is 21.3 Å². The quantitative estimate of drug-likeness (QED) is 0.338. The van der Waals surface area contributed by atoms with Crippen molar-refractivity contribution < 1.29 is 9.84 Å². The van der Waals surface area contributed by atoms with E-state index in [1.54, 1.807) is 12.1 Å². The van der Waals surface area contributed by atoms with E-state index in [0.29, 0.717) is 17.7 Å². The molecule has 5 N–H and O–H groups in total. The number of hydrogen-bond donors (Lipinski definition) is 3. The summed E-state index contributed by atoms with van der Waals surface area (Å²) in [6.45, 7) is 7.19. The Morgan fingerprint density at radius 3 is 2.51 bits per heavy atom. The van der Waals surface area contributed by atoms with Crippen molar-refractivity contribution in [2.45, 2.75) is 64.5 Å². The van der Waals surface area contributed by atoms with Crippen LogP contribution in [0.15, 0.2) is 36.2 Å². The molecular formula is C28H39N5O2. The van der Waals surface area contributed by atoms with Gasteiger partial charge in [0, 0.05) is 49.1 Å². The normalized spacial score (nSPS) is 19.3. The van der Waals surface area contributed by atoms with Crippen molar-refractivity contribution in [3.8, 4) is 0 Å². The highest BCUT2D eigenvalue weighted by atomic mass is 16.5. The highest BCUT2D eigenvalue weighted by Crippen LogP contribution is 2.45. The zero-order chi connectivity index (χ0) is 24.9. The van der Waals surface area contributed by atoms with Crippen LogP contribution in [0.5, 0.6) is 0 Å². The Labute approximate surface area is 207 Å². The molecule has 35 heavy (non-hydrogen) atoms. The zero-order valence-electron chi connectivity index (χ0n) is 21.4. The van der Waals surface area contributed by atoms with Gasteiger partial charge in [-0.2, -0.15) is 0 Å². The SMILES string of the molecule is C/C(N)=C(\c1cnc2c3ccc(C(C)(C)O)cc3n(C(CC3CC3)C3CCOCC3)c2c1)N(C)N. The summed E-state index contributed by atoms with van der Waals surface area (Å²) in [5.41, 5.74) is 11.8. The Bertz CT molecular complexity index is 1260. The topological polar surface area (TPSA) is 103 Å². The summed E-state index contributed by atoms with van der Waals surface area (Å²) in [5.74, 6) is 7.49. The van der Waals surface area contributed by atoms with Gasteiger partial charge in [0.2, 0.25) is 0 Å². The summed E-state index contributed by atoms with van der Waals surface area (Å²) < 4.78 is 8.25. The van der Waals surface area contributed by atoms with Gasteiger partial charge in [-0.25, -0.2) is 5.84 Å². The first-order valence-electron chi connectivity index (χ1n) is 12.8. The lowest BCUT2D eigenvalue weighted by atomic mass is 9.87. The summed E-state index contributed by atoms with van der Waals surface area (Å²) in [4.78, 5) is 4.95. The third-order valence-corrected chi connectivity index (χ3v) is 7.76. The fraction of sp³-hybridized carbons (Fsp3) is 0.536. The largest absolute Gasteiger partial charge is 0.401 e. The van der Waals surface area contributed by atoms with Crippen molar-refractivity contribution in [1.82, 2.24) is 14.6 Å². The summed E-state index contributed by atoms with van der Waals surface area (Å²) >= 11 is 0. The van der Waals surface area contributed by atoms with Crippen LogP contribution in [0.1, 0.15) is 70.0 Å². The molecule has 2 aromatic heterocycles. The van der Waals surface area contributed by atoms with Crippen molar-refractivity contribution in [3.63, 3.8) is 0 Å². The van der Waals surface area contributed by atoms with Crippen LogP contribution in [0.3, 0.4) is 0 Å². The maximum absolute atomic E-state index is 10.8. The second kappa shape index (κ2) is 9.12. The van der Waals surface area contributed by atoms with Gasteiger partial charge >= 0.3 is 0 Å². The van der Waals surface area contributed by atoms with E-state index >= 15 is 0 Å². The fourth-order valence-corrected chi connectivity index (χ4v) is 5.79. The summed E-state index contributed by atoms with van der Waals surface area (Å²) in [6, 6.07) is 8.85. The molecule has 2 aliphatic rings. The van der Waals surface area contributed by atoms with Crippen LogP contribution in [-0.4, -0.2) is 39.9 Å². The number of hydrazine groups is 1. The predicted molar refractivity (Wildman–Crippen MR) is 141 cm³/mol. The molecule has 1 aliphatic carbocycles. The number of benzene rings is 1. The molecule has 5 rings (SSSR count). The molecule has 188 valence electrons. The van der Waals surface area contributed by atoms with E-state index in [-0.39, 0.29) is 0 Å². The van der Waals surface area contributed by atoms with Crippen molar-refractivity contribution in [3.05, 3.63) is 47.3 Å². The number of hydrogen-bond acceptors (Lipinski definition) is 6. The number of nitrogens with two attached hydrogens (primary N) is 2. The van der Waals surface area contributed by atoms with Gasteiger partial charge < -0.3 is 25.2 Å². The molecule has 2 fully saturated rings. The summed E-state index contributed by atoms with van der Waals surface area (Å²) in [7, 11) is 1.80. The van der Waals surface area contributed by atoms with Crippen LogP contribution < -0.4 is 11.6 Å². The molecular weight excluding hydrogens is 438 g/mol. The van der Waals surface area contributed by atoms with Crippen LogP contribution in [0.2, 0.25) is 0 Å². The van der Waals surface area contributed by atoms with E-state index in [0.717, 1.165) is 77.2 Å². The number of aliphatic hydroxyl groups is 1. The van der Waals surface area contributed by atoms with Gasteiger partial charge in [-0.15, -0.1) is 0 Å². The maximum Gasteiger partial charge on any atom is 0.0960 e. The van der Waals surface area contributed by atoms with Crippen molar-refractivity contribution >= 4 is 27.6 Å². The monoisotopic (exact) mass is 477 g/mol. The minimum absolute atomic E-state index is 0.350. The lowest BCUT2D eigenvalue weighted by Gasteiger charge is -2.33. The van der Waals surface area contributed by atoms with Gasteiger partial charge in [0.1, 0.15) is 0 Å². The van der Waals surface area contributed by atoms with Gasteiger partial charge in [0.15, 0.2) is 0 Å². The van der Waals surface area contributed by atoms with Crippen molar-refractivity contribution in [2.24, 2.45) is 23.4 Å². The van der Waals surface area contributed by atoms with Crippen molar-refractivity contribution in [2.75, 3.05) is 20.3 Å². The molecule has 0 spiro atoms. The Morgan fingerprint density at radius 1 is 1.20 bits per heavy atom. The van der Waals surface area contributed by atoms with E-state index in [1.807, 2.05) is 33.0 Å². The summed E-state index contributed by atoms with van der Waals surface area (Å²) in [6.07, 6.45) is 7.79. The Kier molecular flexibility index (Phi) is 6.28. The highest BCUT2D eigenvalue weighted by Gasteiger charge is 2.34. The molecule has 0 amide bonds. The molecule has 7 nitrogen and oxygen atoms in total. The van der Waals surface area contributed by atoms with Gasteiger partial charge in [-0.1, -0.05) is 25.0 Å². The van der Waals surface area contributed by atoms with Gasteiger partial charge in [0.05, 0.1) is 27.8 Å². The Morgan fingerprint density at radius 2 is 1.91 bits per heavy atom. The number of pyridine rings is 1. The second-order valence-electron chi connectivity index (χ2n) is 11.1. The zero-order valence-corrected chi connectivity index (χ0v) is 21.4. The smallest absolute Gasteiger partial charge is 0.0960 e. The standard InChI is InChI=1S/C28H39N5O2/c1-17(29)27(32(4)30)20-14-25-26(31-16-20)22-8-7-21(28(2,3)34)15-24(22)33(25)23(13-18-5-6-18)19-9-11-35-12-10-19/h7-8,14-16,18-19,23,34H,5-6,9-13,29-30H2,1-4H3/b27-17-. The predicted octanol–water partition coefficient (Wildman–Crippen LogP) is 4.64. The average Bonchev–Trinajstić information content (AvgIpc) is 3.57. The molecule has 1 aromatic carbocycles. The molecule has 0 radical (unpaired) electrons. The molecule has 1 saturated carbocycles. The number of ether oxygens (including phenoxy) is 1. The number of allylic oxidation sites excluding steroid dienone is 1. The van der Waals surface area contributed by atoms with Gasteiger partial charge in [0.25, 0.3) is 0 Å². The molecule has 3 heterocycles. The lowest BCUT2D eigenvalue weighted by molar-refractivity contribution is 0.0474. The maximum atomic E-state index is 10.8. The van der Waals surface area contributed by atoms with Gasteiger partial charge in [-0.05, 0) is 69.6 Å². The molecule has 7 heteroatoms. The Balaban J connectivity index is 1.79. The number of rotatable bonds is 7. The van der Waals surface area contributed by atoms with Crippen molar-refractivity contribution in [1.29, 1.82) is 0 Å². The Hall–Kier alpha value is -2.61. The van der Waals surface area contributed by atoms with E-state index in [1.165, 1.54) is 12.8 Å². The first kappa shape index (κ1) is 24.1. The first-order chi connectivity index (χ1) is 16.6.